The van der Waals surface area contributed by atoms with Crippen LogP contribution in [0.15, 0.2) is 12.2 Å². The summed E-state index contributed by atoms with van der Waals surface area (Å²) >= 11 is 6.24. The van der Waals surface area contributed by atoms with Crippen LogP contribution in [0.4, 0.5) is 0 Å². The van der Waals surface area contributed by atoms with Gasteiger partial charge in [0.1, 0.15) is 0 Å². The quantitative estimate of drug-likeness (QED) is 0.579. The van der Waals surface area contributed by atoms with Gasteiger partial charge in [0.2, 0.25) is 0 Å². The zero-order valence-electron chi connectivity index (χ0n) is 11.7. The van der Waals surface area contributed by atoms with E-state index in [1.54, 1.807) is 0 Å². The number of aryl methyl sites for hydroxylation is 2. The van der Waals surface area contributed by atoms with Crippen molar-refractivity contribution >= 4 is 11.6 Å². The number of nitrogens with zero attached hydrogens (tertiary/aromatic N) is 2. The van der Waals surface area contributed by atoms with Crippen molar-refractivity contribution in [3.8, 4) is 0 Å². The van der Waals surface area contributed by atoms with E-state index in [1.165, 1.54) is 6.42 Å². The van der Waals surface area contributed by atoms with Crippen molar-refractivity contribution in [1.29, 1.82) is 0 Å². The molecule has 0 unspecified atom stereocenters. The molecule has 3 nitrogen and oxygen atoms in total. The molecule has 4 heteroatoms. The molecule has 1 heterocycles. The van der Waals surface area contributed by atoms with E-state index in [0.717, 1.165) is 48.9 Å². The summed E-state index contributed by atoms with van der Waals surface area (Å²) in [5.41, 5.74) is 2.04. The van der Waals surface area contributed by atoms with Crippen LogP contribution in [0, 0.1) is 6.92 Å². The standard InChI is InChI=1S/C14H24ClN3/c1-4-10-16-11-8-6-7-9-13-14(15)12(3)17-18(13)5-2/h6-7,16H,4-5,8-11H2,1-3H3. The minimum absolute atomic E-state index is 0.811. The highest BCUT2D eigenvalue weighted by atomic mass is 35.5. The van der Waals surface area contributed by atoms with Crippen LogP contribution in [0.25, 0.3) is 0 Å². The number of hydrogen-bond acceptors (Lipinski definition) is 2. The van der Waals surface area contributed by atoms with Gasteiger partial charge in [0.15, 0.2) is 0 Å². The van der Waals surface area contributed by atoms with Crippen molar-refractivity contribution < 1.29 is 0 Å². The predicted octanol–water partition coefficient (Wildman–Crippen LogP) is 3.35. The molecule has 18 heavy (non-hydrogen) atoms. The lowest BCUT2D eigenvalue weighted by Gasteiger charge is -2.02. The zero-order valence-corrected chi connectivity index (χ0v) is 12.4. The van der Waals surface area contributed by atoms with E-state index < -0.39 is 0 Å². The number of hydrogen-bond donors (Lipinski definition) is 1. The summed E-state index contributed by atoms with van der Waals surface area (Å²) in [6, 6.07) is 0. The first-order valence-electron chi connectivity index (χ1n) is 6.78. The molecule has 0 amide bonds. The minimum Gasteiger partial charge on any atom is -0.316 e. The molecule has 0 bridgehead atoms. The molecule has 0 aliphatic carbocycles. The van der Waals surface area contributed by atoms with Crippen molar-refractivity contribution in [1.82, 2.24) is 15.1 Å². The Morgan fingerprint density at radius 1 is 1.28 bits per heavy atom. The average molecular weight is 270 g/mol. The second-order valence-corrected chi connectivity index (χ2v) is 4.75. The van der Waals surface area contributed by atoms with E-state index in [2.05, 4.69) is 36.4 Å². The third-order valence-corrected chi connectivity index (χ3v) is 3.34. The molecule has 1 aromatic heterocycles. The van der Waals surface area contributed by atoms with Gasteiger partial charge in [-0.25, -0.2) is 0 Å². The number of halogens is 1. The zero-order chi connectivity index (χ0) is 13.4. The molecule has 0 saturated heterocycles. The van der Waals surface area contributed by atoms with E-state index in [9.17, 15) is 0 Å². The second-order valence-electron chi connectivity index (χ2n) is 4.38. The lowest BCUT2D eigenvalue weighted by Crippen LogP contribution is -2.15. The molecule has 0 aliphatic rings. The fourth-order valence-electron chi connectivity index (χ4n) is 1.86. The van der Waals surface area contributed by atoms with Crippen molar-refractivity contribution in [3.05, 3.63) is 28.6 Å². The molecular weight excluding hydrogens is 246 g/mol. The Morgan fingerprint density at radius 3 is 2.72 bits per heavy atom. The van der Waals surface area contributed by atoms with Crippen LogP contribution >= 0.6 is 11.6 Å². The van der Waals surface area contributed by atoms with Crippen LogP contribution < -0.4 is 5.32 Å². The van der Waals surface area contributed by atoms with Gasteiger partial charge in [0.05, 0.1) is 16.4 Å². The summed E-state index contributed by atoms with van der Waals surface area (Å²) in [4.78, 5) is 0. The van der Waals surface area contributed by atoms with E-state index in [4.69, 9.17) is 11.6 Å². The van der Waals surface area contributed by atoms with Gasteiger partial charge in [0.25, 0.3) is 0 Å². The van der Waals surface area contributed by atoms with E-state index in [-0.39, 0.29) is 0 Å². The Morgan fingerprint density at radius 2 is 2.06 bits per heavy atom. The highest BCUT2D eigenvalue weighted by Crippen LogP contribution is 2.20. The van der Waals surface area contributed by atoms with Crippen LogP contribution in [0.1, 0.15) is 38.1 Å². The predicted molar refractivity (Wildman–Crippen MR) is 78.3 cm³/mol. The summed E-state index contributed by atoms with van der Waals surface area (Å²) in [6.45, 7) is 9.24. The Hall–Kier alpha value is -0.800. The number of aromatic nitrogens is 2. The minimum atomic E-state index is 0.811. The Labute approximate surface area is 115 Å². The van der Waals surface area contributed by atoms with Crippen molar-refractivity contribution in [2.75, 3.05) is 13.1 Å². The van der Waals surface area contributed by atoms with Gasteiger partial charge in [-0.1, -0.05) is 30.7 Å². The average Bonchev–Trinajstić information content (AvgIpc) is 2.65. The van der Waals surface area contributed by atoms with Crippen LogP contribution in [0.5, 0.6) is 0 Å². The third kappa shape index (κ3) is 4.46. The Balaban J connectivity index is 2.41. The van der Waals surface area contributed by atoms with Crippen molar-refractivity contribution in [2.45, 2.75) is 46.6 Å². The van der Waals surface area contributed by atoms with Gasteiger partial charge in [-0.2, -0.15) is 5.10 Å². The van der Waals surface area contributed by atoms with Gasteiger partial charge < -0.3 is 5.32 Å². The largest absolute Gasteiger partial charge is 0.316 e. The molecule has 0 radical (unpaired) electrons. The highest BCUT2D eigenvalue weighted by molar-refractivity contribution is 6.31. The molecule has 0 fully saturated rings. The number of rotatable bonds is 8. The molecule has 1 aromatic rings. The molecule has 102 valence electrons. The third-order valence-electron chi connectivity index (χ3n) is 2.85. The Kier molecular flexibility index (Phi) is 7.06. The second kappa shape index (κ2) is 8.33. The molecule has 0 saturated carbocycles. The maximum atomic E-state index is 6.24. The van der Waals surface area contributed by atoms with Crippen molar-refractivity contribution in [3.63, 3.8) is 0 Å². The molecule has 0 spiro atoms. The fourth-order valence-corrected chi connectivity index (χ4v) is 2.08. The lowest BCUT2D eigenvalue weighted by molar-refractivity contribution is 0.626. The molecule has 0 atom stereocenters. The normalized spacial score (nSPS) is 11.6. The molecule has 0 aliphatic heterocycles. The van der Waals surface area contributed by atoms with Gasteiger partial charge in [-0.15, -0.1) is 0 Å². The van der Waals surface area contributed by atoms with E-state index >= 15 is 0 Å². The van der Waals surface area contributed by atoms with Crippen LogP contribution in [-0.2, 0) is 13.0 Å². The number of allylic oxidation sites excluding steroid dienone is 1. The summed E-state index contributed by atoms with van der Waals surface area (Å²) < 4.78 is 1.98. The molecule has 1 N–H and O–H groups in total. The monoisotopic (exact) mass is 269 g/mol. The van der Waals surface area contributed by atoms with Gasteiger partial charge in [0, 0.05) is 13.0 Å². The smallest absolute Gasteiger partial charge is 0.0850 e. The number of nitrogens with one attached hydrogen (secondary N) is 1. The molecule has 0 aromatic carbocycles. The summed E-state index contributed by atoms with van der Waals surface area (Å²) in [7, 11) is 0. The lowest BCUT2D eigenvalue weighted by atomic mass is 10.2. The van der Waals surface area contributed by atoms with E-state index in [1.807, 2.05) is 11.6 Å². The maximum absolute atomic E-state index is 6.24. The summed E-state index contributed by atoms with van der Waals surface area (Å²) in [5.74, 6) is 0. The first-order valence-corrected chi connectivity index (χ1v) is 7.16. The van der Waals surface area contributed by atoms with Crippen molar-refractivity contribution in [2.24, 2.45) is 0 Å². The fraction of sp³-hybridized carbons (Fsp3) is 0.643. The van der Waals surface area contributed by atoms with E-state index in [0.29, 0.717) is 0 Å². The highest BCUT2D eigenvalue weighted by Gasteiger charge is 2.10. The maximum Gasteiger partial charge on any atom is 0.0850 e. The first-order chi connectivity index (χ1) is 8.70. The SMILES string of the molecule is CCCNCCC=CCc1c(Cl)c(C)nn1CC. The summed E-state index contributed by atoms with van der Waals surface area (Å²) in [5, 5.41) is 8.59. The van der Waals surface area contributed by atoms with Crippen LogP contribution in [0.3, 0.4) is 0 Å². The molecule has 1 rings (SSSR count). The van der Waals surface area contributed by atoms with Gasteiger partial charge in [-0.05, 0) is 39.8 Å². The topological polar surface area (TPSA) is 29.9 Å². The van der Waals surface area contributed by atoms with Crippen LogP contribution in [0.2, 0.25) is 5.02 Å². The molecular formula is C14H24ClN3. The summed E-state index contributed by atoms with van der Waals surface area (Å²) in [6.07, 6.45) is 7.51. The van der Waals surface area contributed by atoms with Gasteiger partial charge >= 0.3 is 0 Å². The Bertz CT molecular complexity index is 383. The van der Waals surface area contributed by atoms with Gasteiger partial charge in [-0.3, -0.25) is 4.68 Å². The first kappa shape index (κ1) is 15.3. The van der Waals surface area contributed by atoms with Crippen LogP contribution in [-0.4, -0.2) is 22.9 Å².